The van der Waals surface area contributed by atoms with Gasteiger partial charge in [-0.3, -0.25) is 14.3 Å². The van der Waals surface area contributed by atoms with Crippen LogP contribution in [0.3, 0.4) is 0 Å². The average molecular weight is 420 g/mol. The molecule has 4 aromatic rings. The summed E-state index contributed by atoms with van der Waals surface area (Å²) in [5, 5.41) is 12.2. The highest BCUT2D eigenvalue weighted by Gasteiger charge is 2.17. The van der Waals surface area contributed by atoms with E-state index in [9.17, 15) is 4.79 Å². The molecule has 0 unspecified atom stereocenters. The second kappa shape index (κ2) is 9.41. The number of carbonyl (C=O) groups excluding carboxylic acids is 1. The minimum absolute atomic E-state index is 0.0951. The molecule has 0 aliphatic rings. The van der Waals surface area contributed by atoms with Crippen LogP contribution in [0.15, 0.2) is 76.8 Å². The molecule has 1 N–H and O–H groups in total. The van der Waals surface area contributed by atoms with Gasteiger partial charge in [-0.15, -0.1) is 10.2 Å². The Bertz CT molecular complexity index is 1090. The van der Waals surface area contributed by atoms with Crippen LogP contribution in [0, 0.1) is 0 Å². The number of amides is 1. The number of pyridine rings is 1. The maximum Gasteiger partial charge on any atom is 0.234 e. The first-order valence-electron chi connectivity index (χ1n) is 9.60. The fourth-order valence-electron chi connectivity index (χ4n) is 2.96. The lowest BCUT2D eigenvalue weighted by Crippen LogP contribution is -2.14. The van der Waals surface area contributed by atoms with Gasteiger partial charge in [-0.1, -0.05) is 30.8 Å². The van der Waals surface area contributed by atoms with Crippen molar-refractivity contribution in [3.63, 3.8) is 0 Å². The first kappa shape index (κ1) is 19.9. The number of nitrogens with one attached hydrogen (secondary N) is 1. The molecule has 0 radical (unpaired) electrons. The van der Waals surface area contributed by atoms with Crippen LogP contribution >= 0.6 is 11.8 Å². The zero-order valence-corrected chi connectivity index (χ0v) is 17.3. The summed E-state index contributed by atoms with van der Waals surface area (Å²) in [7, 11) is 0. The van der Waals surface area contributed by atoms with Crippen molar-refractivity contribution in [1.29, 1.82) is 0 Å². The smallest absolute Gasteiger partial charge is 0.234 e. The summed E-state index contributed by atoms with van der Waals surface area (Å²) < 4.78 is 7.45. The summed E-state index contributed by atoms with van der Waals surface area (Å²) in [6.45, 7) is 2.57. The second-order valence-corrected chi connectivity index (χ2v) is 7.54. The molecular formula is C22H21N5O2S. The molecule has 0 saturated heterocycles. The van der Waals surface area contributed by atoms with Crippen LogP contribution in [-0.4, -0.2) is 31.4 Å². The second-order valence-electron chi connectivity index (χ2n) is 6.59. The fourth-order valence-corrected chi connectivity index (χ4v) is 3.70. The Morgan fingerprint density at radius 1 is 1.10 bits per heavy atom. The highest BCUT2D eigenvalue weighted by Crippen LogP contribution is 2.25. The van der Waals surface area contributed by atoms with Crippen LogP contribution in [0.1, 0.15) is 18.2 Å². The van der Waals surface area contributed by atoms with Gasteiger partial charge in [0.25, 0.3) is 0 Å². The molecule has 152 valence electrons. The molecule has 7 nitrogen and oxygen atoms in total. The van der Waals surface area contributed by atoms with Crippen molar-refractivity contribution in [2.75, 3.05) is 11.1 Å². The van der Waals surface area contributed by atoms with E-state index in [1.807, 2.05) is 53.1 Å². The molecule has 0 spiro atoms. The van der Waals surface area contributed by atoms with E-state index >= 15 is 0 Å². The molecule has 0 aliphatic heterocycles. The molecule has 0 aliphatic carbocycles. The van der Waals surface area contributed by atoms with Crippen LogP contribution in [0.2, 0.25) is 0 Å². The molecule has 1 aromatic carbocycles. The van der Waals surface area contributed by atoms with E-state index in [0.29, 0.717) is 17.5 Å². The van der Waals surface area contributed by atoms with Crippen LogP contribution in [-0.2, 0) is 17.8 Å². The topological polar surface area (TPSA) is 85.8 Å². The van der Waals surface area contributed by atoms with E-state index in [0.717, 1.165) is 23.4 Å². The SMILES string of the molecule is CCc1ccc(NC(=O)CSc2nnc(-c3ccncc3)n2Cc2ccco2)cc1. The minimum atomic E-state index is -0.0951. The highest BCUT2D eigenvalue weighted by molar-refractivity contribution is 7.99. The number of aryl methyl sites for hydroxylation is 1. The number of anilines is 1. The zero-order chi connectivity index (χ0) is 20.8. The van der Waals surface area contributed by atoms with Gasteiger partial charge in [0, 0.05) is 23.6 Å². The third-order valence-corrected chi connectivity index (χ3v) is 5.49. The Hall–Kier alpha value is -3.39. The number of furan rings is 1. The number of aromatic nitrogens is 4. The van der Waals surface area contributed by atoms with E-state index in [4.69, 9.17) is 4.42 Å². The standard InChI is InChI=1S/C22H21N5O2S/c1-2-16-5-7-18(8-6-16)24-20(28)15-30-22-26-25-21(17-9-11-23-12-10-17)27(22)14-19-4-3-13-29-19/h3-13H,2,14-15H2,1H3,(H,24,28). The first-order valence-corrected chi connectivity index (χ1v) is 10.6. The Morgan fingerprint density at radius 2 is 1.90 bits per heavy atom. The molecule has 1 amide bonds. The maximum atomic E-state index is 12.4. The zero-order valence-electron chi connectivity index (χ0n) is 16.5. The van der Waals surface area contributed by atoms with Crippen molar-refractivity contribution >= 4 is 23.4 Å². The van der Waals surface area contributed by atoms with E-state index in [-0.39, 0.29) is 11.7 Å². The number of rotatable bonds is 8. The lowest BCUT2D eigenvalue weighted by Gasteiger charge is -2.09. The molecular weight excluding hydrogens is 398 g/mol. The molecule has 30 heavy (non-hydrogen) atoms. The molecule has 8 heteroatoms. The van der Waals surface area contributed by atoms with E-state index in [2.05, 4.69) is 27.4 Å². The molecule has 3 aromatic heterocycles. The van der Waals surface area contributed by atoms with Crippen LogP contribution in [0.5, 0.6) is 0 Å². The highest BCUT2D eigenvalue weighted by atomic mass is 32.2. The predicted octanol–water partition coefficient (Wildman–Crippen LogP) is 4.27. The molecule has 0 saturated carbocycles. The summed E-state index contributed by atoms with van der Waals surface area (Å²) >= 11 is 1.34. The van der Waals surface area contributed by atoms with Crippen molar-refractivity contribution in [2.45, 2.75) is 25.0 Å². The Balaban J connectivity index is 1.48. The third-order valence-electron chi connectivity index (χ3n) is 4.53. The number of hydrogen-bond donors (Lipinski definition) is 1. The lowest BCUT2D eigenvalue weighted by molar-refractivity contribution is -0.113. The van der Waals surface area contributed by atoms with Gasteiger partial charge in [0.05, 0.1) is 18.6 Å². The van der Waals surface area contributed by atoms with Gasteiger partial charge in [0.15, 0.2) is 11.0 Å². The summed E-state index contributed by atoms with van der Waals surface area (Å²) in [6, 6.07) is 15.4. The summed E-state index contributed by atoms with van der Waals surface area (Å²) in [5.74, 6) is 1.61. The van der Waals surface area contributed by atoms with Crippen molar-refractivity contribution in [3.8, 4) is 11.4 Å². The lowest BCUT2D eigenvalue weighted by atomic mass is 10.1. The summed E-state index contributed by atoms with van der Waals surface area (Å²) in [4.78, 5) is 16.5. The minimum Gasteiger partial charge on any atom is -0.467 e. The van der Waals surface area contributed by atoms with Crippen molar-refractivity contribution in [3.05, 3.63) is 78.5 Å². The number of nitrogens with zero attached hydrogens (tertiary/aromatic N) is 4. The Kier molecular flexibility index (Phi) is 6.24. The van der Waals surface area contributed by atoms with Gasteiger partial charge in [0.2, 0.25) is 5.91 Å². The van der Waals surface area contributed by atoms with Gasteiger partial charge in [-0.25, -0.2) is 0 Å². The van der Waals surface area contributed by atoms with Crippen LogP contribution < -0.4 is 5.32 Å². The van der Waals surface area contributed by atoms with Crippen LogP contribution in [0.25, 0.3) is 11.4 Å². The van der Waals surface area contributed by atoms with E-state index in [1.54, 1.807) is 18.7 Å². The number of thioether (sulfide) groups is 1. The Labute approximate surface area is 178 Å². The average Bonchev–Trinajstić information content (AvgIpc) is 3.44. The monoisotopic (exact) mass is 419 g/mol. The molecule has 0 atom stereocenters. The maximum absolute atomic E-state index is 12.4. The normalized spacial score (nSPS) is 10.8. The van der Waals surface area contributed by atoms with Gasteiger partial charge in [-0.05, 0) is 48.4 Å². The molecule has 0 fully saturated rings. The first-order chi connectivity index (χ1) is 14.7. The van der Waals surface area contributed by atoms with Crippen molar-refractivity contribution < 1.29 is 9.21 Å². The van der Waals surface area contributed by atoms with Crippen molar-refractivity contribution in [2.24, 2.45) is 0 Å². The quantitative estimate of drug-likeness (QED) is 0.429. The number of hydrogen-bond acceptors (Lipinski definition) is 6. The largest absolute Gasteiger partial charge is 0.467 e. The number of carbonyl (C=O) groups is 1. The summed E-state index contributed by atoms with van der Waals surface area (Å²) in [5.41, 5.74) is 2.92. The van der Waals surface area contributed by atoms with Gasteiger partial charge in [-0.2, -0.15) is 0 Å². The van der Waals surface area contributed by atoms with E-state index in [1.165, 1.54) is 17.3 Å². The molecule has 4 rings (SSSR count). The van der Waals surface area contributed by atoms with E-state index < -0.39 is 0 Å². The Morgan fingerprint density at radius 3 is 2.60 bits per heavy atom. The van der Waals surface area contributed by atoms with Crippen molar-refractivity contribution in [1.82, 2.24) is 19.7 Å². The number of benzene rings is 1. The summed E-state index contributed by atoms with van der Waals surface area (Å²) in [6.07, 6.45) is 6.03. The van der Waals surface area contributed by atoms with Gasteiger partial charge >= 0.3 is 0 Å². The van der Waals surface area contributed by atoms with Crippen LogP contribution in [0.4, 0.5) is 5.69 Å². The van der Waals surface area contributed by atoms with Gasteiger partial charge in [0.1, 0.15) is 5.76 Å². The molecule has 3 heterocycles. The third kappa shape index (κ3) is 4.77. The fraction of sp³-hybridized carbons (Fsp3) is 0.182. The van der Waals surface area contributed by atoms with Gasteiger partial charge < -0.3 is 9.73 Å². The predicted molar refractivity (Wildman–Crippen MR) is 116 cm³/mol. The molecule has 0 bridgehead atoms.